The van der Waals surface area contributed by atoms with E-state index in [-0.39, 0.29) is 23.5 Å². The molecular weight excluding hydrogens is 346 g/mol. The van der Waals surface area contributed by atoms with Gasteiger partial charge in [0.15, 0.2) is 6.61 Å². The summed E-state index contributed by atoms with van der Waals surface area (Å²) >= 11 is 0. The summed E-state index contributed by atoms with van der Waals surface area (Å²) in [6.07, 6.45) is 0. The Kier molecular flexibility index (Phi) is 6.28. The van der Waals surface area contributed by atoms with Crippen molar-refractivity contribution in [1.29, 1.82) is 0 Å². The van der Waals surface area contributed by atoms with Crippen LogP contribution in [0.1, 0.15) is 38.8 Å². The number of carbonyl (C=O) groups excluding carboxylic acids is 1. The van der Waals surface area contributed by atoms with Crippen molar-refractivity contribution in [3.05, 3.63) is 69.8 Å². The predicted octanol–water partition coefficient (Wildman–Crippen LogP) is 3.81. The number of non-ortho nitro benzene ring substituents is 1. The minimum Gasteiger partial charge on any atom is -0.483 e. The van der Waals surface area contributed by atoms with Gasteiger partial charge in [-0.1, -0.05) is 51.1 Å². The number of carbonyl (C=O) groups is 1. The SMILES string of the molecule is CC(=NNC(=O)COc1cccc([N+](=O)[O-])c1)c1ccc(C(C)(C)C)cc1. The third kappa shape index (κ3) is 5.91. The summed E-state index contributed by atoms with van der Waals surface area (Å²) < 4.78 is 5.26. The molecule has 0 aliphatic rings. The number of hydrogen-bond donors (Lipinski definition) is 1. The van der Waals surface area contributed by atoms with Gasteiger partial charge in [-0.3, -0.25) is 14.9 Å². The topological polar surface area (TPSA) is 93.8 Å². The number of nitro groups is 1. The smallest absolute Gasteiger partial charge is 0.277 e. The Morgan fingerprint density at radius 1 is 1.19 bits per heavy atom. The van der Waals surface area contributed by atoms with Gasteiger partial charge in [-0.05, 0) is 29.5 Å². The van der Waals surface area contributed by atoms with Gasteiger partial charge in [-0.15, -0.1) is 0 Å². The number of nitrogens with one attached hydrogen (secondary N) is 1. The first-order chi connectivity index (χ1) is 12.7. The van der Waals surface area contributed by atoms with Crippen LogP contribution in [-0.4, -0.2) is 23.1 Å². The van der Waals surface area contributed by atoms with Crippen LogP contribution in [0.25, 0.3) is 0 Å². The summed E-state index contributed by atoms with van der Waals surface area (Å²) in [6, 6.07) is 13.7. The Bertz CT molecular complexity index is 852. The summed E-state index contributed by atoms with van der Waals surface area (Å²) in [5.41, 5.74) is 5.19. The zero-order valence-corrected chi connectivity index (χ0v) is 15.9. The van der Waals surface area contributed by atoms with Crippen molar-refractivity contribution in [2.75, 3.05) is 6.61 Å². The molecule has 0 aromatic heterocycles. The highest BCUT2D eigenvalue weighted by molar-refractivity contribution is 5.99. The number of nitro benzene ring substituents is 1. The van der Waals surface area contributed by atoms with Gasteiger partial charge >= 0.3 is 0 Å². The standard InChI is InChI=1S/C20H23N3O4/c1-14(15-8-10-16(11-9-15)20(2,3)4)21-22-19(24)13-27-18-7-5-6-17(12-18)23(25)26/h5-12H,13H2,1-4H3,(H,22,24). The first-order valence-electron chi connectivity index (χ1n) is 8.48. The molecule has 2 rings (SSSR count). The Morgan fingerprint density at radius 3 is 2.44 bits per heavy atom. The molecule has 1 N–H and O–H groups in total. The summed E-state index contributed by atoms with van der Waals surface area (Å²) in [5, 5.41) is 14.8. The van der Waals surface area contributed by atoms with Gasteiger partial charge in [-0.2, -0.15) is 5.10 Å². The maximum absolute atomic E-state index is 11.9. The molecule has 0 unspecified atom stereocenters. The molecule has 27 heavy (non-hydrogen) atoms. The Hall–Kier alpha value is -3.22. The lowest BCUT2D eigenvalue weighted by molar-refractivity contribution is -0.384. The summed E-state index contributed by atoms with van der Waals surface area (Å²) in [7, 11) is 0. The van der Waals surface area contributed by atoms with Gasteiger partial charge in [0.2, 0.25) is 0 Å². The van der Waals surface area contributed by atoms with E-state index in [4.69, 9.17) is 4.74 Å². The lowest BCUT2D eigenvalue weighted by atomic mass is 9.86. The maximum atomic E-state index is 11.9. The molecule has 0 bridgehead atoms. The van der Waals surface area contributed by atoms with Crippen molar-refractivity contribution >= 4 is 17.3 Å². The molecule has 0 radical (unpaired) electrons. The highest BCUT2D eigenvalue weighted by Crippen LogP contribution is 2.22. The molecule has 2 aromatic rings. The van der Waals surface area contributed by atoms with Crippen LogP contribution < -0.4 is 10.2 Å². The number of hydrazone groups is 1. The number of amides is 1. The third-order valence-electron chi connectivity index (χ3n) is 3.92. The normalized spacial score (nSPS) is 11.8. The number of ether oxygens (including phenoxy) is 1. The van der Waals surface area contributed by atoms with Crippen LogP contribution in [0.5, 0.6) is 5.75 Å². The van der Waals surface area contributed by atoms with E-state index in [2.05, 4.69) is 31.3 Å². The zero-order chi connectivity index (χ0) is 20.0. The molecule has 0 fully saturated rings. The zero-order valence-electron chi connectivity index (χ0n) is 15.9. The Labute approximate surface area is 158 Å². The molecule has 7 nitrogen and oxygen atoms in total. The number of rotatable bonds is 6. The van der Waals surface area contributed by atoms with Gasteiger partial charge in [0.05, 0.1) is 16.7 Å². The molecule has 1 amide bonds. The highest BCUT2D eigenvalue weighted by Gasteiger charge is 2.13. The molecule has 0 aliphatic carbocycles. The predicted molar refractivity (Wildman–Crippen MR) is 104 cm³/mol. The van der Waals surface area contributed by atoms with Gasteiger partial charge < -0.3 is 4.74 Å². The first kappa shape index (κ1) is 20.1. The van der Waals surface area contributed by atoms with Gasteiger partial charge in [0.25, 0.3) is 11.6 Å². The van der Waals surface area contributed by atoms with Crippen LogP contribution in [0, 0.1) is 10.1 Å². The fourth-order valence-corrected chi connectivity index (χ4v) is 2.29. The van der Waals surface area contributed by atoms with Crippen LogP contribution in [-0.2, 0) is 10.2 Å². The van der Waals surface area contributed by atoms with E-state index in [1.165, 1.54) is 23.8 Å². The van der Waals surface area contributed by atoms with E-state index in [1.807, 2.05) is 24.3 Å². The molecule has 0 heterocycles. The quantitative estimate of drug-likeness (QED) is 0.476. The molecule has 0 saturated heterocycles. The van der Waals surface area contributed by atoms with E-state index in [0.717, 1.165) is 5.56 Å². The molecule has 2 aromatic carbocycles. The van der Waals surface area contributed by atoms with E-state index >= 15 is 0 Å². The second kappa shape index (κ2) is 8.44. The first-order valence-corrected chi connectivity index (χ1v) is 8.48. The van der Waals surface area contributed by atoms with Crippen LogP contribution in [0.3, 0.4) is 0 Å². The van der Waals surface area contributed by atoms with Gasteiger partial charge in [-0.25, -0.2) is 5.43 Å². The minimum absolute atomic E-state index is 0.0711. The maximum Gasteiger partial charge on any atom is 0.277 e. The monoisotopic (exact) mass is 369 g/mol. The largest absolute Gasteiger partial charge is 0.483 e. The summed E-state index contributed by atoms with van der Waals surface area (Å²) in [5.74, 6) is -0.204. The molecule has 0 saturated carbocycles. The van der Waals surface area contributed by atoms with Crippen molar-refractivity contribution in [3.8, 4) is 5.75 Å². The number of nitrogens with zero attached hydrogens (tertiary/aromatic N) is 2. The Balaban J connectivity index is 1.92. The molecule has 0 aliphatic heterocycles. The fourth-order valence-electron chi connectivity index (χ4n) is 2.29. The number of benzene rings is 2. The van der Waals surface area contributed by atoms with Crippen molar-refractivity contribution in [2.45, 2.75) is 33.1 Å². The van der Waals surface area contributed by atoms with Crippen LogP contribution in [0.4, 0.5) is 5.69 Å². The summed E-state index contributed by atoms with van der Waals surface area (Å²) in [4.78, 5) is 22.1. The van der Waals surface area contributed by atoms with Crippen molar-refractivity contribution < 1.29 is 14.5 Å². The second-order valence-corrected chi connectivity index (χ2v) is 7.10. The lowest BCUT2D eigenvalue weighted by Gasteiger charge is -2.19. The molecule has 0 spiro atoms. The fraction of sp³-hybridized carbons (Fsp3) is 0.300. The number of hydrogen-bond acceptors (Lipinski definition) is 5. The summed E-state index contributed by atoms with van der Waals surface area (Å²) in [6.45, 7) is 7.94. The van der Waals surface area contributed by atoms with Crippen molar-refractivity contribution in [1.82, 2.24) is 5.43 Å². The second-order valence-electron chi connectivity index (χ2n) is 7.10. The van der Waals surface area contributed by atoms with Crippen LogP contribution >= 0.6 is 0 Å². The molecular formula is C20H23N3O4. The average Bonchev–Trinajstić information content (AvgIpc) is 2.64. The highest BCUT2D eigenvalue weighted by atomic mass is 16.6. The van der Waals surface area contributed by atoms with Gasteiger partial charge in [0.1, 0.15) is 5.75 Å². The molecule has 7 heteroatoms. The van der Waals surface area contributed by atoms with Crippen molar-refractivity contribution in [2.24, 2.45) is 5.10 Å². The van der Waals surface area contributed by atoms with E-state index in [1.54, 1.807) is 13.0 Å². The average molecular weight is 369 g/mol. The molecule has 0 atom stereocenters. The van der Waals surface area contributed by atoms with E-state index < -0.39 is 10.8 Å². The Morgan fingerprint density at radius 2 is 1.85 bits per heavy atom. The van der Waals surface area contributed by atoms with Crippen LogP contribution in [0.2, 0.25) is 0 Å². The minimum atomic E-state index is -0.522. The van der Waals surface area contributed by atoms with E-state index in [0.29, 0.717) is 5.71 Å². The van der Waals surface area contributed by atoms with Gasteiger partial charge in [0, 0.05) is 6.07 Å². The third-order valence-corrected chi connectivity index (χ3v) is 3.92. The lowest BCUT2D eigenvalue weighted by Crippen LogP contribution is -2.25. The van der Waals surface area contributed by atoms with E-state index in [9.17, 15) is 14.9 Å². The van der Waals surface area contributed by atoms with Crippen molar-refractivity contribution in [3.63, 3.8) is 0 Å². The molecule has 142 valence electrons. The van der Waals surface area contributed by atoms with Crippen LogP contribution in [0.15, 0.2) is 53.6 Å².